The third-order valence-electron chi connectivity index (χ3n) is 3.29. The van der Waals surface area contributed by atoms with Gasteiger partial charge in [0.25, 0.3) is 0 Å². The van der Waals surface area contributed by atoms with E-state index in [2.05, 4.69) is 10.6 Å². The number of carbonyl (C=O) groups is 2. The van der Waals surface area contributed by atoms with Crippen LogP contribution in [0.5, 0.6) is 0 Å². The molecule has 0 aromatic heterocycles. The van der Waals surface area contributed by atoms with Gasteiger partial charge in [-0.3, -0.25) is 0 Å². The number of nitrogens with one attached hydrogen (secondary N) is 2. The van der Waals surface area contributed by atoms with Crippen LogP contribution in [-0.4, -0.2) is 23.1 Å². The lowest BCUT2D eigenvalue weighted by atomic mass is 10.0. The zero-order valence-corrected chi connectivity index (χ0v) is 11.7. The SMILES string of the molecule is CC(C)CC(NC(=O)N/C=C/C1CCCC1)C(=O)O. The van der Waals surface area contributed by atoms with Crippen LogP contribution < -0.4 is 10.6 Å². The van der Waals surface area contributed by atoms with E-state index < -0.39 is 18.0 Å². The number of carbonyl (C=O) groups excluding carboxylic acids is 1. The maximum Gasteiger partial charge on any atom is 0.326 e. The first-order valence-corrected chi connectivity index (χ1v) is 6.95. The number of rotatable bonds is 6. The molecule has 5 nitrogen and oxygen atoms in total. The Bertz CT molecular complexity index is 334. The summed E-state index contributed by atoms with van der Waals surface area (Å²) in [5.41, 5.74) is 0. The van der Waals surface area contributed by atoms with Crippen LogP contribution in [0, 0.1) is 11.8 Å². The molecule has 0 heterocycles. The van der Waals surface area contributed by atoms with E-state index in [1.807, 2.05) is 19.9 Å². The summed E-state index contributed by atoms with van der Waals surface area (Å²) in [6.07, 6.45) is 8.88. The van der Waals surface area contributed by atoms with Crippen molar-refractivity contribution in [2.24, 2.45) is 11.8 Å². The molecule has 108 valence electrons. The van der Waals surface area contributed by atoms with Gasteiger partial charge in [-0.1, -0.05) is 32.8 Å². The van der Waals surface area contributed by atoms with Crippen LogP contribution in [0.1, 0.15) is 46.0 Å². The van der Waals surface area contributed by atoms with E-state index in [0.29, 0.717) is 12.3 Å². The molecule has 1 atom stereocenters. The summed E-state index contributed by atoms with van der Waals surface area (Å²) in [5.74, 6) is -0.231. The van der Waals surface area contributed by atoms with Crippen LogP contribution in [-0.2, 0) is 4.79 Å². The molecule has 1 fully saturated rings. The van der Waals surface area contributed by atoms with Gasteiger partial charge in [-0.25, -0.2) is 9.59 Å². The van der Waals surface area contributed by atoms with Crippen molar-refractivity contribution in [1.29, 1.82) is 0 Å². The predicted molar refractivity (Wildman–Crippen MR) is 73.6 cm³/mol. The first kappa shape index (κ1) is 15.5. The molecule has 0 radical (unpaired) electrons. The molecular formula is C14H24N2O3. The normalized spacial score (nSPS) is 17.8. The van der Waals surface area contributed by atoms with E-state index >= 15 is 0 Å². The largest absolute Gasteiger partial charge is 0.480 e. The van der Waals surface area contributed by atoms with Crippen molar-refractivity contribution in [3.8, 4) is 0 Å². The lowest BCUT2D eigenvalue weighted by Crippen LogP contribution is -2.45. The van der Waals surface area contributed by atoms with Crippen molar-refractivity contribution < 1.29 is 14.7 Å². The molecule has 1 unspecified atom stereocenters. The Kier molecular flexibility index (Phi) is 6.39. The van der Waals surface area contributed by atoms with E-state index in [9.17, 15) is 9.59 Å². The number of allylic oxidation sites excluding steroid dienone is 1. The summed E-state index contributed by atoms with van der Waals surface area (Å²) in [4.78, 5) is 22.6. The van der Waals surface area contributed by atoms with E-state index in [1.54, 1.807) is 6.20 Å². The van der Waals surface area contributed by atoms with Gasteiger partial charge in [0.2, 0.25) is 0 Å². The lowest BCUT2D eigenvalue weighted by Gasteiger charge is -2.16. The zero-order valence-electron chi connectivity index (χ0n) is 11.7. The molecule has 0 saturated heterocycles. The van der Waals surface area contributed by atoms with Crippen molar-refractivity contribution in [2.75, 3.05) is 0 Å². The fourth-order valence-corrected chi connectivity index (χ4v) is 2.30. The third kappa shape index (κ3) is 6.27. The van der Waals surface area contributed by atoms with Crippen molar-refractivity contribution in [3.63, 3.8) is 0 Å². The first-order chi connectivity index (χ1) is 8.99. The summed E-state index contributed by atoms with van der Waals surface area (Å²) < 4.78 is 0. The molecule has 0 spiro atoms. The average molecular weight is 268 g/mol. The fourth-order valence-electron chi connectivity index (χ4n) is 2.30. The van der Waals surface area contributed by atoms with Crippen LogP contribution in [0.4, 0.5) is 4.79 Å². The topological polar surface area (TPSA) is 78.4 Å². The minimum Gasteiger partial charge on any atom is -0.480 e. The Morgan fingerprint density at radius 1 is 1.32 bits per heavy atom. The molecule has 1 aliphatic rings. The van der Waals surface area contributed by atoms with Gasteiger partial charge in [0, 0.05) is 6.20 Å². The monoisotopic (exact) mass is 268 g/mol. The smallest absolute Gasteiger partial charge is 0.326 e. The van der Waals surface area contributed by atoms with E-state index in [1.165, 1.54) is 25.7 Å². The molecule has 2 amide bonds. The second-order valence-corrected chi connectivity index (χ2v) is 5.54. The highest BCUT2D eigenvalue weighted by Crippen LogP contribution is 2.25. The molecule has 5 heteroatoms. The maximum absolute atomic E-state index is 11.6. The number of urea groups is 1. The highest BCUT2D eigenvalue weighted by atomic mass is 16.4. The van der Waals surface area contributed by atoms with Crippen LogP contribution in [0.15, 0.2) is 12.3 Å². The Morgan fingerprint density at radius 3 is 2.47 bits per heavy atom. The number of hydrogen-bond donors (Lipinski definition) is 3. The Labute approximate surface area is 114 Å². The Balaban J connectivity index is 2.33. The summed E-state index contributed by atoms with van der Waals surface area (Å²) in [5, 5.41) is 14.1. The van der Waals surface area contributed by atoms with Crippen LogP contribution in [0.3, 0.4) is 0 Å². The van der Waals surface area contributed by atoms with E-state index in [4.69, 9.17) is 5.11 Å². The van der Waals surface area contributed by atoms with Gasteiger partial charge < -0.3 is 15.7 Å². The van der Waals surface area contributed by atoms with Gasteiger partial charge >= 0.3 is 12.0 Å². The fraction of sp³-hybridized carbons (Fsp3) is 0.714. The zero-order chi connectivity index (χ0) is 14.3. The van der Waals surface area contributed by atoms with E-state index in [0.717, 1.165) is 0 Å². The molecular weight excluding hydrogens is 244 g/mol. The van der Waals surface area contributed by atoms with E-state index in [-0.39, 0.29) is 5.92 Å². The highest BCUT2D eigenvalue weighted by Gasteiger charge is 2.20. The Hall–Kier alpha value is -1.52. The maximum atomic E-state index is 11.6. The quantitative estimate of drug-likeness (QED) is 0.692. The van der Waals surface area contributed by atoms with Gasteiger partial charge in [0.1, 0.15) is 6.04 Å². The summed E-state index contributed by atoms with van der Waals surface area (Å²) in [6, 6.07) is -1.29. The molecule has 1 saturated carbocycles. The summed E-state index contributed by atoms with van der Waals surface area (Å²) >= 11 is 0. The summed E-state index contributed by atoms with van der Waals surface area (Å²) in [6.45, 7) is 3.85. The lowest BCUT2D eigenvalue weighted by molar-refractivity contribution is -0.139. The first-order valence-electron chi connectivity index (χ1n) is 6.95. The minimum atomic E-state index is -0.997. The predicted octanol–water partition coefficient (Wildman–Crippen LogP) is 2.49. The molecule has 1 rings (SSSR count). The molecule has 3 N–H and O–H groups in total. The molecule has 1 aliphatic carbocycles. The van der Waals surface area contributed by atoms with Crippen molar-refractivity contribution >= 4 is 12.0 Å². The molecule has 19 heavy (non-hydrogen) atoms. The van der Waals surface area contributed by atoms with Crippen molar-refractivity contribution in [1.82, 2.24) is 10.6 Å². The van der Waals surface area contributed by atoms with Crippen LogP contribution in [0.25, 0.3) is 0 Å². The second kappa shape index (κ2) is 7.81. The number of carboxylic acid groups (broad SMARTS) is 1. The highest BCUT2D eigenvalue weighted by molar-refractivity contribution is 5.82. The van der Waals surface area contributed by atoms with Gasteiger partial charge in [0.05, 0.1) is 0 Å². The van der Waals surface area contributed by atoms with Gasteiger partial charge in [-0.15, -0.1) is 0 Å². The van der Waals surface area contributed by atoms with Crippen LogP contribution in [0.2, 0.25) is 0 Å². The second-order valence-electron chi connectivity index (χ2n) is 5.54. The minimum absolute atomic E-state index is 0.218. The Morgan fingerprint density at radius 2 is 1.95 bits per heavy atom. The number of aliphatic carboxylic acids is 1. The molecule has 0 aromatic rings. The molecule has 0 aliphatic heterocycles. The number of carboxylic acids is 1. The summed E-state index contributed by atoms with van der Waals surface area (Å²) in [7, 11) is 0. The standard InChI is InChI=1S/C14H24N2O3/c1-10(2)9-12(13(17)18)16-14(19)15-8-7-11-5-3-4-6-11/h7-8,10-12H,3-6,9H2,1-2H3,(H,17,18)(H2,15,16,19)/b8-7+. The number of amides is 2. The van der Waals surface area contributed by atoms with Crippen molar-refractivity contribution in [2.45, 2.75) is 52.0 Å². The number of hydrogen-bond acceptors (Lipinski definition) is 2. The van der Waals surface area contributed by atoms with Crippen LogP contribution >= 0.6 is 0 Å². The van der Waals surface area contributed by atoms with Gasteiger partial charge in [-0.2, -0.15) is 0 Å². The van der Waals surface area contributed by atoms with Crippen molar-refractivity contribution in [3.05, 3.63) is 12.3 Å². The molecule has 0 bridgehead atoms. The van der Waals surface area contributed by atoms with Gasteiger partial charge in [0.15, 0.2) is 0 Å². The molecule has 0 aromatic carbocycles. The third-order valence-corrected chi connectivity index (χ3v) is 3.29. The average Bonchev–Trinajstić information content (AvgIpc) is 2.80. The van der Waals surface area contributed by atoms with Gasteiger partial charge in [-0.05, 0) is 31.1 Å².